The second-order valence-electron chi connectivity index (χ2n) is 16.5. The number of hydrogen-bond donors (Lipinski definition) is 2. The highest BCUT2D eigenvalue weighted by molar-refractivity contribution is 6.31. The van der Waals surface area contributed by atoms with Gasteiger partial charge in [-0.15, -0.1) is 10.2 Å². The van der Waals surface area contributed by atoms with Crippen LogP contribution in [0, 0.1) is 23.1 Å². The second kappa shape index (κ2) is 15.8. The molecule has 2 bridgehead atoms. The van der Waals surface area contributed by atoms with E-state index in [1.54, 1.807) is 24.3 Å². The van der Waals surface area contributed by atoms with Crippen molar-refractivity contribution in [1.82, 2.24) is 30.6 Å². The van der Waals surface area contributed by atoms with Crippen molar-refractivity contribution in [2.45, 2.75) is 88.1 Å². The standard InChI is InChI=1S/C42H43ClFN9O6/c43-32-16-29(4-1-24(32)19-45)59-28-5-2-25(3-6-28)46-39(55)34-7-9-37(49-48-34)50-13-11-23(12-14-50)20-52-26-15-27(52)22-51(21-26)36-18-31-30(17-33(36)44)41(57)53(42(31)58)35-8-10-38(54)47-40(35)56/h1,4,7,9,16-18,23,25-28,35H,2-3,5-6,8,10-15,20-22H2,(H,46,55)(H,47,54,56)/t25-,26?,27?,28-,35?. The number of nitrogens with zero attached hydrogens (tertiary/aromatic N) is 7. The van der Waals surface area contributed by atoms with Gasteiger partial charge in [-0.2, -0.15) is 5.26 Å². The van der Waals surface area contributed by atoms with Gasteiger partial charge < -0.3 is 19.9 Å². The van der Waals surface area contributed by atoms with Gasteiger partial charge in [0.25, 0.3) is 17.7 Å². The summed E-state index contributed by atoms with van der Waals surface area (Å²) in [7, 11) is 0. The van der Waals surface area contributed by atoms with E-state index >= 15 is 4.39 Å². The Morgan fingerprint density at radius 1 is 0.915 bits per heavy atom. The highest BCUT2D eigenvalue weighted by Gasteiger charge is 2.48. The average molecular weight is 824 g/mol. The summed E-state index contributed by atoms with van der Waals surface area (Å²) >= 11 is 6.14. The number of amides is 5. The number of nitrogens with one attached hydrogen (secondary N) is 2. The summed E-state index contributed by atoms with van der Waals surface area (Å²) in [5, 5.41) is 23.4. The molecule has 2 aromatic carbocycles. The molecule has 7 aliphatic rings. The van der Waals surface area contributed by atoms with Crippen LogP contribution in [-0.4, -0.2) is 113 Å². The van der Waals surface area contributed by atoms with Gasteiger partial charge in [-0.1, -0.05) is 11.6 Å². The Bertz CT molecular complexity index is 2240. The van der Waals surface area contributed by atoms with Crippen molar-refractivity contribution in [1.29, 1.82) is 5.26 Å². The first-order chi connectivity index (χ1) is 28.5. The van der Waals surface area contributed by atoms with E-state index in [9.17, 15) is 24.0 Å². The number of nitriles is 1. The molecule has 3 atom stereocenters. The average Bonchev–Trinajstić information content (AvgIpc) is 3.47. The van der Waals surface area contributed by atoms with Crippen LogP contribution in [-0.2, 0) is 9.59 Å². The SMILES string of the molecule is N#Cc1ccc(O[C@H]2CC[C@H](NC(=O)c3ccc(N4CCC(CN5C6CC5CN(c5cc7c(cc5F)C(=O)N(C5CCC(=O)NC5=O)C7=O)C6)CC4)nn3)CC2)cc1Cl. The van der Waals surface area contributed by atoms with E-state index in [4.69, 9.17) is 21.6 Å². The zero-order valence-corrected chi connectivity index (χ0v) is 33.0. The Morgan fingerprint density at radius 2 is 1.64 bits per heavy atom. The minimum absolute atomic E-state index is 0.00593. The van der Waals surface area contributed by atoms with Crippen LogP contribution in [0.15, 0.2) is 42.5 Å². The highest BCUT2D eigenvalue weighted by Crippen LogP contribution is 2.39. The van der Waals surface area contributed by atoms with E-state index in [-0.39, 0.29) is 65.5 Å². The summed E-state index contributed by atoms with van der Waals surface area (Å²) in [6.45, 7) is 3.79. The Balaban J connectivity index is 0.724. The molecule has 10 rings (SSSR count). The minimum atomic E-state index is -1.10. The summed E-state index contributed by atoms with van der Waals surface area (Å²) in [5.74, 6) is -1.48. The van der Waals surface area contributed by atoms with Gasteiger partial charge >= 0.3 is 0 Å². The third-order valence-corrected chi connectivity index (χ3v) is 13.2. The largest absolute Gasteiger partial charge is 0.490 e. The van der Waals surface area contributed by atoms with Crippen molar-refractivity contribution in [3.8, 4) is 11.8 Å². The summed E-state index contributed by atoms with van der Waals surface area (Å²) in [4.78, 5) is 71.2. The van der Waals surface area contributed by atoms with Gasteiger partial charge in [-0.25, -0.2) is 4.39 Å². The molecule has 3 aromatic rings. The van der Waals surface area contributed by atoms with Crippen LogP contribution in [0.3, 0.4) is 0 Å². The zero-order valence-electron chi connectivity index (χ0n) is 32.2. The molecule has 0 spiro atoms. The van der Waals surface area contributed by atoms with Crippen LogP contribution in [0.4, 0.5) is 15.9 Å². The van der Waals surface area contributed by atoms with Gasteiger partial charge in [0, 0.05) is 63.3 Å². The predicted molar refractivity (Wildman–Crippen MR) is 211 cm³/mol. The second-order valence-corrected chi connectivity index (χ2v) is 16.9. The summed E-state index contributed by atoms with van der Waals surface area (Å²) in [6, 6.07) is 12.7. The Hall–Kier alpha value is -5.66. The highest BCUT2D eigenvalue weighted by atomic mass is 35.5. The molecule has 7 heterocycles. The molecule has 0 radical (unpaired) electrons. The third-order valence-electron chi connectivity index (χ3n) is 12.9. The smallest absolute Gasteiger partial charge is 0.272 e. The molecule has 3 unspecified atom stereocenters. The Labute approximate surface area is 344 Å². The van der Waals surface area contributed by atoms with E-state index in [1.165, 1.54) is 6.07 Å². The number of anilines is 2. The maximum absolute atomic E-state index is 15.6. The first kappa shape index (κ1) is 38.8. The lowest BCUT2D eigenvalue weighted by molar-refractivity contribution is -0.136. The van der Waals surface area contributed by atoms with Crippen LogP contribution in [0.2, 0.25) is 5.02 Å². The molecule has 1 aromatic heterocycles. The fraction of sp³-hybridized carbons (Fsp3) is 0.476. The number of rotatable bonds is 9. The molecule has 5 saturated heterocycles. The number of carbonyl (C=O) groups is 5. The van der Waals surface area contributed by atoms with Crippen molar-refractivity contribution in [2.24, 2.45) is 5.92 Å². The molecule has 2 N–H and O–H groups in total. The number of halogens is 2. The molecular formula is C42H43ClFN9O6. The third kappa shape index (κ3) is 7.57. The number of benzene rings is 2. The van der Waals surface area contributed by atoms with E-state index in [1.807, 2.05) is 17.0 Å². The van der Waals surface area contributed by atoms with Crippen LogP contribution in [0.1, 0.15) is 94.6 Å². The zero-order chi connectivity index (χ0) is 40.9. The molecule has 6 aliphatic heterocycles. The lowest BCUT2D eigenvalue weighted by Crippen LogP contribution is -2.69. The van der Waals surface area contributed by atoms with Crippen LogP contribution >= 0.6 is 11.6 Å². The molecule has 5 amide bonds. The lowest BCUT2D eigenvalue weighted by Gasteiger charge is -2.58. The van der Waals surface area contributed by atoms with Crippen LogP contribution in [0.25, 0.3) is 0 Å². The van der Waals surface area contributed by atoms with Gasteiger partial charge in [-0.05, 0) is 93.7 Å². The molecule has 59 heavy (non-hydrogen) atoms. The number of piperidine rings is 3. The fourth-order valence-corrected chi connectivity index (χ4v) is 9.81. The summed E-state index contributed by atoms with van der Waals surface area (Å²) in [6.07, 6.45) is 6.13. The Kier molecular flexibility index (Phi) is 10.4. The topological polar surface area (TPSA) is 181 Å². The minimum Gasteiger partial charge on any atom is -0.490 e. The van der Waals surface area contributed by atoms with E-state index in [0.717, 1.165) is 81.4 Å². The molecule has 6 fully saturated rings. The number of piperazine rings is 1. The molecule has 1 aliphatic carbocycles. The molecule has 15 nitrogen and oxygen atoms in total. The lowest BCUT2D eigenvalue weighted by atomic mass is 9.84. The Morgan fingerprint density at radius 3 is 2.31 bits per heavy atom. The normalized spacial score (nSPS) is 25.9. The summed E-state index contributed by atoms with van der Waals surface area (Å²) in [5.41, 5.74) is 0.985. The number of ether oxygens (including phenoxy) is 1. The monoisotopic (exact) mass is 823 g/mol. The number of carbonyl (C=O) groups excluding carboxylic acids is 5. The van der Waals surface area contributed by atoms with Crippen molar-refractivity contribution in [3.63, 3.8) is 0 Å². The van der Waals surface area contributed by atoms with Crippen LogP contribution < -0.4 is 25.2 Å². The van der Waals surface area contributed by atoms with Gasteiger partial charge in [-0.3, -0.25) is 39.1 Å². The van der Waals surface area contributed by atoms with Gasteiger partial charge in [0.15, 0.2) is 11.5 Å². The number of imide groups is 2. The number of fused-ring (bicyclic) bond motifs is 3. The quantitative estimate of drug-likeness (QED) is 0.298. The van der Waals surface area contributed by atoms with Crippen molar-refractivity contribution >= 4 is 52.6 Å². The summed E-state index contributed by atoms with van der Waals surface area (Å²) < 4.78 is 21.6. The van der Waals surface area contributed by atoms with Gasteiger partial charge in [0.1, 0.15) is 23.7 Å². The molecule has 17 heteroatoms. The fourth-order valence-electron chi connectivity index (χ4n) is 9.60. The number of hydrogen-bond acceptors (Lipinski definition) is 12. The van der Waals surface area contributed by atoms with Crippen LogP contribution in [0.5, 0.6) is 5.75 Å². The van der Waals surface area contributed by atoms with Gasteiger partial charge in [0.05, 0.1) is 33.5 Å². The van der Waals surface area contributed by atoms with E-state index in [2.05, 4.69) is 30.6 Å². The predicted octanol–water partition coefficient (Wildman–Crippen LogP) is 3.84. The molecule has 306 valence electrons. The maximum Gasteiger partial charge on any atom is 0.272 e. The molecule has 1 saturated carbocycles. The van der Waals surface area contributed by atoms with Crippen molar-refractivity contribution in [2.75, 3.05) is 42.5 Å². The maximum atomic E-state index is 15.6. The van der Waals surface area contributed by atoms with Gasteiger partial charge in [0.2, 0.25) is 11.8 Å². The first-order valence-corrected chi connectivity index (χ1v) is 20.7. The molecular weight excluding hydrogens is 781 g/mol. The number of aromatic nitrogens is 2. The van der Waals surface area contributed by atoms with E-state index in [0.29, 0.717) is 35.3 Å². The van der Waals surface area contributed by atoms with Crippen molar-refractivity contribution < 1.29 is 33.1 Å². The van der Waals surface area contributed by atoms with Crippen molar-refractivity contribution in [3.05, 3.63) is 75.7 Å². The first-order valence-electron chi connectivity index (χ1n) is 20.3. The van der Waals surface area contributed by atoms with E-state index < -0.39 is 35.5 Å².